The Balaban J connectivity index is 1.85. The number of likely N-dealkylation sites (N-methyl/N-ethyl adjacent to an activating group) is 1. The molecule has 134 valence electrons. The molecule has 0 amide bonds. The molecule has 0 atom stereocenters. The molecule has 5 heteroatoms. The summed E-state index contributed by atoms with van der Waals surface area (Å²) in [5.41, 5.74) is 2.65. The van der Waals surface area contributed by atoms with Gasteiger partial charge in [-0.05, 0) is 51.6 Å². The standard InChI is InChI=1S/C19H31N3OS/c1-3-21(4-2)13-14-22-17-12-8-7-11-16(17)18(20-19(22)23)24-15-9-5-6-10-15/h15H,3-14H2,1-2H3. The van der Waals surface area contributed by atoms with Gasteiger partial charge in [0, 0.05) is 29.6 Å². The van der Waals surface area contributed by atoms with Gasteiger partial charge in [-0.15, -0.1) is 11.8 Å². The van der Waals surface area contributed by atoms with Gasteiger partial charge in [-0.3, -0.25) is 4.57 Å². The highest BCUT2D eigenvalue weighted by molar-refractivity contribution is 7.99. The lowest BCUT2D eigenvalue weighted by molar-refractivity contribution is 0.285. The number of thioether (sulfide) groups is 1. The van der Waals surface area contributed by atoms with E-state index in [0.717, 1.165) is 44.0 Å². The van der Waals surface area contributed by atoms with Gasteiger partial charge in [0.05, 0.1) is 0 Å². The highest BCUT2D eigenvalue weighted by atomic mass is 32.2. The lowest BCUT2D eigenvalue weighted by atomic mass is 9.97. The normalized spacial score (nSPS) is 18.3. The first kappa shape index (κ1) is 18.0. The predicted octanol–water partition coefficient (Wildman–Crippen LogP) is 3.50. The summed E-state index contributed by atoms with van der Waals surface area (Å²) in [4.78, 5) is 19.6. The molecule has 1 saturated carbocycles. The molecule has 0 spiro atoms. The highest BCUT2D eigenvalue weighted by Gasteiger charge is 2.24. The second-order valence-corrected chi connectivity index (χ2v) is 8.32. The molecule has 0 unspecified atom stereocenters. The summed E-state index contributed by atoms with van der Waals surface area (Å²) >= 11 is 1.89. The van der Waals surface area contributed by atoms with Crippen molar-refractivity contribution >= 4 is 11.8 Å². The van der Waals surface area contributed by atoms with Crippen molar-refractivity contribution in [2.75, 3.05) is 19.6 Å². The number of hydrogen-bond acceptors (Lipinski definition) is 4. The van der Waals surface area contributed by atoms with Gasteiger partial charge in [0.25, 0.3) is 0 Å². The van der Waals surface area contributed by atoms with Crippen LogP contribution in [0.3, 0.4) is 0 Å². The molecule has 0 aliphatic heterocycles. The van der Waals surface area contributed by atoms with Gasteiger partial charge in [0.2, 0.25) is 0 Å². The zero-order valence-electron chi connectivity index (χ0n) is 15.2. The van der Waals surface area contributed by atoms with Crippen LogP contribution in [0.2, 0.25) is 0 Å². The average molecular weight is 350 g/mol. The number of aromatic nitrogens is 2. The Hall–Kier alpha value is -0.810. The van der Waals surface area contributed by atoms with Crippen molar-refractivity contribution in [2.24, 2.45) is 0 Å². The van der Waals surface area contributed by atoms with E-state index in [-0.39, 0.29) is 5.69 Å². The van der Waals surface area contributed by atoms with E-state index in [0.29, 0.717) is 5.25 Å². The topological polar surface area (TPSA) is 38.1 Å². The lowest BCUT2D eigenvalue weighted by Gasteiger charge is -2.25. The maximum atomic E-state index is 12.7. The molecule has 1 heterocycles. The SMILES string of the molecule is CCN(CC)CCn1c2c(c(SC3CCCC3)nc1=O)CCCC2. The number of rotatable bonds is 7. The summed E-state index contributed by atoms with van der Waals surface area (Å²) in [5.74, 6) is 0. The van der Waals surface area contributed by atoms with Crippen molar-refractivity contribution in [3.8, 4) is 0 Å². The predicted molar refractivity (Wildman–Crippen MR) is 101 cm³/mol. The van der Waals surface area contributed by atoms with Gasteiger partial charge in [0.1, 0.15) is 5.03 Å². The maximum Gasteiger partial charge on any atom is 0.348 e. The van der Waals surface area contributed by atoms with E-state index in [2.05, 4.69) is 23.7 Å². The lowest BCUT2D eigenvalue weighted by Crippen LogP contribution is -2.35. The fourth-order valence-corrected chi connectivity index (χ4v) is 5.40. The molecule has 4 nitrogen and oxygen atoms in total. The van der Waals surface area contributed by atoms with Crippen LogP contribution >= 0.6 is 11.8 Å². The summed E-state index contributed by atoms with van der Waals surface area (Å²) < 4.78 is 1.98. The maximum absolute atomic E-state index is 12.7. The minimum absolute atomic E-state index is 0.0247. The summed E-state index contributed by atoms with van der Waals surface area (Å²) in [5, 5.41) is 1.73. The molecule has 2 aliphatic carbocycles. The smallest absolute Gasteiger partial charge is 0.302 e. The van der Waals surface area contributed by atoms with Crippen LogP contribution in [0.4, 0.5) is 0 Å². The Labute approximate surface area is 150 Å². The molecular formula is C19H31N3OS. The average Bonchev–Trinajstić information content (AvgIpc) is 3.11. The molecular weight excluding hydrogens is 318 g/mol. The van der Waals surface area contributed by atoms with Gasteiger partial charge in [0.15, 0.2) is 0 Å². The Morgan fingerprint density at radius 3 is 2.54 bits per heavy atom. The third-order valence-corrected chi connectivity index (χ3v) is 6.93. The molecule has 2 aliphatic rings. The van der Waals surface area contributed by atoms with Crippen LogP contribution in [0.15, 0.2) is 9.82 Å². The van der Waals surface area contributed by atoms with Crippen LogP contribution in [0.25, 0.3) is 0 Å². The summed E-state index contributed by atoms with van der Waals surface area (Å²) in [6.07, 6.45) is 9.82. The van der Waals surface area contributed by atoms with Crippen LogP contribution in [0, 0.1) is 0 Å². The van der Waals surface area contributed by atoms with Crippen LogP contribution in [0.5, 0.6) is 0 Å². The van der Waals surface area contributed by atoms with E-state index in [1.807, 2.05) is 16.3 Å². The molecule has 24 heavy (non-hydrogen) atoms. The summed E-state index contributed by atoms with van der Waals surface area (Å²) in [7, 11) is 0. The number of nitrogens with zero attached hydrogens (tertiary/aromatic N) is 3. The van der Waals surface area contributed by atoms with Crippen molar-refractivity contribution in [3.05, 3.63) is 21.7 Å². The molecule has 0 saturated heterocycles. The zero-order valence-corrected chi connectivity index (χ0v) is 16.0. The quantitative estimate of drug-likeness (QED) is 0.706. The third kappa shape index (κ3) is 4.05. The first-order valence-electron chi connectivity index (χ1n) is 9.74. The molecule has 0 radical (unpaired) electrons. The van der Waals surface area contributed by atoms with Gasteiger partial charge < -0.3 is 4.90 Å². The minimum Gasteiger partial charge on any atom is -0.302 e. The largest absolute Gasteiger partial charge is 0.348 e. The Kier molecular flexibility index (Phi) is 6.39. The first-order chi connectivity index (χ1) is 11.7. The van der Waals surface area contributed by atoms with Crippen molar-refractivity contribution in [1.82, 2.24) is 14.5 Å². The number of hydrogen-bond donors (Lipinski definition) is 0. The van der Waals surface area contributed by atoms with Crippen molar-refractivity contribution in [1.29, 1.82) is 0 Å². The van der Waals surface area contributed by atoms with Crippen molar-refractivity contribution < 1.29 is 0 Å². The molecule has 0 bridgehead atoms. The fraction of sp³-hybridized carbons (Fsp3) is 0.789. The first-order valence-corrected chi connectivity index (χ1v) is 10.6. The van der Waals surface area contributed by atoms with Crippen LogP contribution in [-0.2, 0) is 19.4 Å². The Bertz CT molecular complexity index is 603. The van der Waals surface area contributed by atoms with Gasteiger partial charge in [-0.2, -0.15) is 4.98 Å². The summed E-state index contributed by atoms with van der Waals surface area (Å²) in [6.45, 7) is 8.16. The Morgan fingerprint density at radius 2 is 1.83 bits per heavy atom. The van der Waals surface area contributed by atoms with E-state index in [1.54, 1.807) is 0 Å². The van der Waals surface area contributed by atoms with Gasteiger partial charge >= 0.3 is 5.69 Å². The van der Waals surface area contributed by atoms with Gasteiger partial charge in [-0.25, -0.2) is 4.79 Å². The second kappa shape index (κ2) is 8.52. The molecule has 0 N–H and O–H groups in total. The van der Waals surface area contributed by atoms with Crippen molar-refractivity contribution in [3.63, 3.8) is 0 Å². The fourth-order valence-electron chi connectivity index (χ4n) is 4.02. The van der Waals surface area contributed by atoms with E-state index < -0.39 is 0 Å². The number of fused-ring (bicyclic) bond motifs is 1. The third-order valence-electron chi connectivity index (χ3n) is 5.57. The zero-order chi connectivity index (χ0) is 16.9. The van der Waals surface area contributed by atoms with E-state index in [9.17, 15) is 4.79 Å². The van der Waals surface area contributed by atoms with Crippen LogP contribution in [0.1, 0.15) is 63.6 Å². The van der Waals surface area contributed by atoms with Gasteiger partial charge in [-0.1, -0.05) is 26.7 Å². The molecule has 1 aromatic rings. The monoisotopic (exact) mass is 349 g/mol. The van der Waals surface area contributed by atoms with E-state index in [1.165, 1.54) is 49.8 Å². The molecule has 3 rings (SSSR count). The molecule has 1 aromatic heterocycles. The van der Waals surface area contributed by atoms with Crippen LogP contribution in [-0.4, -0.2) is 39.3 Å². The summed E-state index contributed by atoms with van der Waals surface area (Å²) in [6, 6.07) is 0. The molecule has 1 fully saturated rings. The van der Waals surface area contributed by atoms with Crippen molar-refractivity contribution in [2.45, 2.75) is 82.0 Å². The second-order valence-electron chi connectivity index (χ2n) is 7.03. The van der Waals surface area contributed by atoms with Crippen LogP contribution < -0.4 is 5.69 Å². The van der Waals surface area contributed by atoms with E-state index >= 15 is 0 Å². The highest BCUT2D eigenvalue weighted by Crippen LogP contribution is 2.37. The molecule has 0 aromatic carbocycles. The minimum atomic E-state index is -0.0247. The van der Waals surface area contributed by atoms with E-state index in [4.69, 9.17) is 0 Å². The Morgan fingerprint density at radius 1 is 1.12 bits per heavy atom.